The van der Waals surface area contributed by atoms with Crippen molar-refractivity contribution >= 4 is 41.2 Å². The number of ether oxygens (including phenoxy) is 1. The molecule has 4 heterocycles. The van der Waals surface area contributed by atoms with Crippen LogP contribution < -0.4 is 9.64 Å². The molecule has 3 aliphatic rings. The lowest BCUT2D eigenvalue weighted by Crippen LogP contribution is -2.24. The number of aromatic nitrogens is 4. The first kappa shape index (κ1) is 25.1. The van der Waals surface area contributed by atoms with E-state index >= 15 is 0 Å². The average Bonchev–Trinajstić information content (AvgIpc) is 3.68. The number of benzene rings is 1. The van der Waals surface area contributed by atoms with Crippen molar-refractivity contribution in [2.24, 2.45) is 17.8 Å². The Morgan fingerprint density at radius 1 is 1.12 bits per heavy atom. The molecular weight excluding hydrogens is 557 g/mol. The van der Waals surface area contributed by atoms with E-state index in [1.807, 2.05) is 0 Å². The quantitative estimate of drug-likeness (QED) is 0.262. The van der Waals surface area contributed by atoms with E-state index in [-0.39, 0.29) is 17.2 Å². The van der Waals surface area contributed by atoms with Crippen molar-refractivity contribution in [2.45, 2.75) is 18.8 Å². The van der Waals surface area contributed by atoms with Gasteiger partial charge in [0.25, 0.3) is 11.8 Å². The van der Waals surface area contributed by atoms with Crippen molar-refractivity contribution in [1.29, 1.82) is 0 Å². The van der Waals surface area contributed by atoms with Gasteiger partial charge in [-0.15, -0.1) is 0 Å². The molecule has 1 aromatic carbocycles. The van der Waals surface area contributed by atoms with Crippen LogP contribution in [0.1, 0.15) is 40.4 Å². The summed E-state index contributed by atoms with van der Waals surface area (Å²) in [4.78, 5) is 22.3. The summed E-state index contributed by atoms with van der Waals surface area (Å²) in [5, 5.41) is 18.8. The van der Waals surface area contributed by atoms with Gasteiger partial charge in [0, 0.05) is 48.1 Å². The fourth-order valence-corrected chi connectivity index (χ4v) is 6.17. The van der Waals surface area contributed by atoms with Crippen molar-refractivity contribution in [3.8, 4) is 28.5 Å². The van der Waals surface area contributed by atoms with Crippen molar-refractivity contribution < 1.29 is 23.7 Å². The number of carboxylic acid groups (broad SMARTS) is 1. The summed E-state index contributed by atoms with van der Waals surface area (Å²) >= 11 is 12.9. The second kappa shape index (κ2) is 9.64. The molecule has 2 saturated carbocycles. The number of piperidine rings is 1. The lowest BCUT2D eigenvalue weighted by Gasteiger charge is -2.15. The van der Waals surface area contributed by atoms with Crippen LogP contribution in [0.5, 0.6) is 5.75 Å². The topological polar surface area (TPSA) is 128 Å². The first-order chi connectivity index (χ1) is 19.4. The number of anilines is 1. The third-order valence-electron chi connectivity index (χ3n) is 7.91. The molecule has 12 heteroatoms. The molecule has 7 rings (SSSR count). The SMILES string of the molecule is COc1ccc(-c2nc(N3CC4C(C=Cc5c(-c6c(Cl)cncc6Cl)noc5C5CC5)C4C3)no2)cc1C(=O)O. The van der Waals surface area contributed by atoms with E-state index in [0.29, 0.717) is 56.5 Å². The molecule has 10 nitrogen and oxygen atoms in total. The summed E-state index contributed by atoms with van der Waals surface area (Å²) < 4.78 is 16.4. The second-order valence-corrected chi connectivity index (χ2v) is 11.2. The number of fused-ring (bicyclic) bond motifs is 1. The van der Waals surface area contributed by atoms with Gasteiger partial charge in [-0.2, -0.15) is 4.98 Å². The average molecular weight is 580 g/mol. The third kappa shape index (κ3) is 4.31. The number of carbonyl (C=O) groups is 1. The highest BCUT2D eigenvalue weighted by atomic mass is 35.5. The molecule has 3 aromatic heterocycles. The summed E-state index contributed by atoms with van der Waals surface area (Å²) in [6, 6.07) is 4.75. The molecule has 0 amide bonds. The van der Waals surface area contributed by atoms with E-state index in [1.165, 1.54) is 13.2 Å². The van der Waals surface area contributed by atoms with Crippen LogP contribution in [0.15, 0.2) is 45.7 Å². The summed E-state index contributed by atoms with van der Waals surface area (Å²) in [6.07, 6.45) is 9.63. The number of carboxylic acids is 1. The third-order valence-corrected chi connectivity index (χ3v) is 8.49. The molecule has 0 radical (unpaired) electrons. The van der Waals surface area contributed by atoms with Gasteiger partial charge in [-0.3, -0.25) is 4.98 Å². The van der Waals surface area contributed by atoms with E-state index < -0.39 is 5.97 Å². The number of allylic oxidation sites excluding steroid dienone is 1. The minimum Gasteiger partial charge on any atom is -0.496 e. The highest BCUT2D eigenvalue weighted by molar-refractivity contribution is 6.39. The molecule has 2 unspecified atom stereocenters. The maximum atomic E-state index is 11.6. The first-order valence-corrected chi connectivity index (χ1v) is 13.7. The van der Waals surface area contributed by atoms with Gasteiger partial charge in [0.2, 0.25) is 0 Å². The van der Waals surface area contributed by atoms with Crippen LogP contribution in [0.2, 0.25) is 10.0 Å². The molecule has 1 saturated heterocycles. The predicted octanol–water partition coefficient (Wildman–Crippen LogP) is 6.07. The normalized spacial score (nSPS) is 21.7. The molecular formula is C28H23Cl2N5O5. The molecule has 3 fully saturated rings. The van der Waals surface area contributed by atoms with Gasteiger partial charge in [0.05, 0.1) is 17.2 Å². The van der Waals surface area contributed by atoms with Crippen LogP contribution >= 0.6 is 23.2 Å². The smallest absolute Gasteiger partial charge is 0.339 e. The van der Waals surface area contributed by atoms with Gasteiger partial charge in [-0.1, -0.05) is 40.5 Å². The molecule has 4 aromatic rings. The summed E-state index contributed by atoms with van der Waals surface area (Å²) in [5.41, 5.74) is 2.77. The van der Waals surface area contributed by atoms with E-state index in [4.69, 9.17) is 37.0 Å². The van der Waals surface area contributed by atoms with Crippen LogP contribution in [-0.4, -0.2) is 51.6 Å². The Labute approximate surface area is 238 Å². The Morgan fingerprint density at radius 2 is 1.88 bits per heavy atom. The largest absolute Gasteiger partial charge is 0.496 e. The van der Waals surface area contributed by atoms with Gasteiger partial charge < -0.3 is 23.8 Å². The van der Waals surface area contributed by atoms with E-state index in [2.05, 4.69) is 37.3 Å². The second-order valence-electron chi connectivity index (χ2n) is 10.4. The number of methoxy groups -OCH3 is 1. The Morgan fingerprint density at radius 3 is 2.55 bits per heavy atom. The molecule has 1 N–H and O–H groups in total. The fourth-order valence-electron chi connectivity index (χ4n) is 5.63. The predicted molar refractivity (Wildman–Crippen MR) is 147 cm³/mol. The molecule has 2 atom stereocenters. The van der Waals surface area contributed by atoms with Gasteiger partial charge in [-0.05, 0) is 54.0 Å². The first-order valence-electron chi connectivity index (χ1n) is 12.9. The number of rotatable bonds is 8. The van der Waals surface area contributed by atoms with Gasteiger partial charge in [0.15, 0.2) is 0 Å². The minimum atomic E-state index is -1.09. The van der Waals surface area contributed by atoms with Crippen LogP contribution in [0, 0.1) is 17.8 Å². The summed E-state index contributed by atoms with van der Waals surface area (Å²) in [7, 11) is 1.43. The van der Waals surface area contributed by atoms with Crippen molar-refractivity contribution in [2.75, 3.05) is 25.1 Å². The highest BCUT2D eigenvalue weighted by Gasteiger charge is 2.55. The van der Waals surface area contributed by atoms with E-state index in [9.17, 15) is 9.90 Å². The number of nitrogens with zero attached hydrogens (tertiary/aromatic N) is 5. The van der Waals surface area contributed by atoms with Crippen LogP contribution in [-0.2, 0) is 0 Å². The van der Waals surface area contributed by atoms with Gasteiger partial charge in [-0.25, -0.2) is 4.79 Å². The molecule has 1 aliphatic heterocycles. The molecule has 204 valence electrons. The molecule has 0 spiro atoms. The number of aromatic carboxylic acids is 1. The lowest BCUT2D eigenvalue weighted by atomic mass is 10.0. The van der Waals surface area contributed by atoms with Gasteiger partial charge >= 0.3 is 5.97 Å². The number of halogens is 2. The van der Waals surface area contributed by atoms with Crippen molar-refractivity contribution in [1.82, 2.24) is 20.3 Å². The number of hydrogen-bond acceptors (Lipinski definition) is 9. The Kier molecular flexibility index (Phi) is 6.05. The van der Waals surface area contributed by atoms with Crippen molar-refractivity contribution in [3.05, 3.63) is 63.6 Å². The standard InChI is InChI=1S/C28H23Cl2N5O5/c1-38-22-7-4-14(8-17(22)27(36)37)26-32-28(34-40-26)35-11-18-15(19(18)12-35)5-6-16-24(33-39-25(16)13-2-3-13)23-20(29)9-31-10-21(23)30/h4-10,13,15,18-19H,2-3,11-12H2,1H3,(H,36,37). The fraction of sp³-hybridized carbons (Fsp3) is 0.321. The monoisotopic (exact) mass is 579 g/mol. The zero-order chi connectivity index (χ0) is 27.5. The number of hydrogen-bond donors (Lipinski definition) is 1. The Hall–Kier alpha value is -3.89. The van der Waals surface area contributed by atoms with Gasteiger partial charge in [0.1, 0.15) is 22.8 Å². The van der Waals surface area contributed by atoms with Crippen LogP contribution in [0.25, 0.3) is 28.8 Å². The highest BCUT2D eigenvalue weighted by Crippen LogP contribution is 2.54. The summed E-state index contributed by atoms with van der Waals surface area (Å²) in [5.74, 6) is 2.55. The Bertz CT molecular complexity index is 1630. The zero-order valence-corrected chi connectivity index (χ0v) is 22.8. The van der Waals surface area contributed by atoms with Crippen LogP contribution in [0.4, 0.5) is 5.95 Å². The molecule has 0 bridgehead atoms. The molecule has 40 heavy (non-hydrogen) atoms. The summed E-state index contributed by atoms with van der Waals surface area (Å²) in [6.45, 7) is 1.60. The maximum absolute atomic E-state index is 11.6. The van der Waals surface area contributed by atoms with Crippen molar-refractivity contribution in [3.63, 3.8) is 0 Å². The zero-order valence-electron chi connectivity index (χ0n) is 21.3. The van der Waals surface area contributed by atoms with Crippen LogP contribution in [0.3, 0.4) is 0 Å². The maximum Gasteiger partial charge on any atom is 0.339 e. The lowest BCUT2D eigenvalue weighted by molar-refractivity contribution is 0.0693. The molecule has 2 aliphatic carbocycles. The van der Waals surface area contributed by atoms with E-state index in [0.717, 1.165) is 37.3 Å². The number of pyridine rings is 1. The minimum absolute atomic E-state index is 0.0334. The Balaban J connectivity index is 1.06. The van der Waals surface area contributed by atoms with E-state index in [1.54, 1.807) is 24.5 Å².